The van der Waals surface area contributed by atoms with Gasteiger partial charge in [0.25, 0.3) is 0 Å². The van der Waals surface area contributed by atoms with E-state index in [0.717, 1.165) is 0 Å². The third kappa shape index (κ3) is 4.66. The van der Waals surface area contributed by atoms with Gasteiger partial charge in [0.05, 0.1) is 6.61 Å². The molecule has 0 radical (unpaired) electrons. The first-order valence-corrected chi connectivity index (χ1v) is 8.18. The fourth-order valence-electron chi connectivity index (χ4n) is 0.775. The maximum Gasteiger partial charge on any atom is 0.192 e. The second-order valence-corrected chi connectivity index (χ2v) is 10.2. The van der Waals surface area contributed by atoms with Crippen LogP contribution in [0.4, 0.5) is 0 Å². The van der Waals surface area contributed by atoms with Crippen LogP contribution in [0.15, 0.2) is 0 Å². The van der Waals surface area contributed by atoms with Gasteiger partial charge >= 0.3 is 0 Å². The number of nitrogens with zero attached hydrogens (tertiary/aromatic N) is 1. The highest BCUT2D eigenvalue weighted by Crippen LogP contribution is 2.36. The topological polar surface area (TPSA) is 62.3 Å². The predicted octanol–water partition coefficient (Wildman–Crippen LogP) is 1.83. The molecule has 0 atom stereocenters. The Kier molecular flexibility index (Phi) is 4.80. The smallest absolute Gasteiger partial charge is 0.192 e. The van der Waals surface area contributed by atoms with Crippen LogP contribution < -0.4 is 5.73 Å². The van der Waals surface area contributed by atoms with Crippen LogP contribution in [0.1, 0.15) is 20.8 Å². The number of hydrogen-bond acceptors (Lipinski definition) is 2. The molecule has 0 aromatic carbocycles. The third-order valence-electron chi connectivity index (χ3n) is 3.11. The quantitative estimate of drug-likeness (QED) is 0.441. The lowest BCUT2D eigenvalue weighted by Crippen LogP contribution is -2.43. The first-order chi connectivity index (χ1) is 6.58. The summed E-state index contributed by atoms with van der Waals surface area (Å²) in [5, 5.41) is 7.45. The van der Waals surface area contributed by atoms with Crippen molar-refractivity contribution in [2.75, 3.05) is 20.2 Å². The Labute approximate surface area is 94.4 Å². The Bertz CT molecular complexity index is 223. The van der Waals surface area contributed by atoms with Gasteiger partial charge in [-0.2, -0.15) is 0 Å². The van der Waals surface area contributed by atoms with Crippen molar-refractivity contribution in [3.63, 3.8) is 0 Å². The molecule has 0 saturated heterocycles. The van der Waals surface area contributed by atoms with E-state index in [4.69, 9.17) is 15.6 Å². The minimum atomic E-state index is -1.64. The van der Waals surface area contributed by atoms with E-state index < -0.39 is 8.32 Å². The van der Waals surface area contributed by atoms with Crippen LogP contribution >= 0.6 is 0 Å². The Morgan fingerprint density at radius 2 is 1.87 bits per heavy atom. The minimum absolute atomic E-state index is 0.0915. The van der Waals surface area contributed by atoms with Crippen LogP contribution in [0.2, 0.25) is 18.1 Å². The molecule has 90 valence electrons. The van der Waals surface area contributed by atoms with E-state index in [-0.39, 0.29) is 11.0 Å². The van der Waals surface area contributed by atoms with Crippen molar-refractivity contribution in [1.29, 1.82) is 5.41 Å². The molecule has 0 aromatic rings. The average Bonchev–Trinajstić information content (AvgIpc) is 2.01. The Morgan fingerprint density at radius 1 is 1.40 bits per heavy atom. The van der Waals surface area contributed by atoms with E-state index >= 15 is 0 Å². The number of nitrogens with two attached hydrogens (primary N) is 1. The molecule has 3 N–H and O–H groups in total. The molecular weight excluding hydrogens is 206 g/mol. The Balaban J connectivity index is 4.01. The largest absolute Gasteiger partial charge is 0.415 e. The lowest BCUT2D eigenvalue weighted by molar-refractivity contribution is 0.260. The van der Waals surface area contributed by atoms with E-state index in [1.54, 1.807) is 11.9 Å². The molecule has 0 unspecified atom stereocenters. The highest BCUT2D eigenvalue weighted by atomic mass is 28.4. The molecule has 0 heterocycles. The summed E-state index contributed by atoms with van der Waals surface area (Å²) in [5.74, 6) is 0.0915. The maximum atomic E-state index is 7.22. The summed E-state index contributed by atoms with van der Waals surface area (Å²) in [4.78, 5) is 1.69. The van der Waals surface area contributed by atoms with Gasteiger partial charge in [-0.15, -0.1) is 0 Å². The summed E-state index contributed by atoms with van der Waals surface area (Å²) in [6, 6.07) is 0. The lowest BCUT2D eigenvalue weighted by Gasteiger charge is -2.36. The average molecular weight is 231 g/mol. The van der Waals surface area contributed by atoms with Gasteiger partial charge in [-0.25, -0.2) is 0 Å². The first kappa shape index (κ1) is 14.4. The van der Waals surface area contributed by atoms with E-state index in [2.05, 4.69) is 33.9 Å². The van der Waals surface area contributed by atoms with Gasteiger partial charge in [0.2, 0.25) is 0 Å². The van der Waals surface area contributed by atoms with Crippen molar-refractivity contribution in [3.05, 3.63) is 0 Å². The summed E-state index contributed by atoms with van der Waals surface area (Å²) in [7, 11) is 0.158. The summed E-state index contributed by atoms with van der Waals surface area (Å²) in [6.45, 7) is 12.4. The first-order valence-electron chi connectivity index (χ1n) is 5.27. The van der Waals surface area contributed by atoms with Gasteiger partial charge in [0, 0.05) is 13.6 Å². The number of hydrogen-bond donors (Lipinski definition) is 2. The molecule has 0 aromatic heterocycles. The molecule has 5 heteroatoms. The van der Waals surface area contributed by atoms with E-state index in [0.29, 0.717) is 13.2 Å². The maximum absolute atomic E-state index is 7.22. The second kappa shape index (κ2) is 4.98. The van der Waals surface area contributed by atoms with Gasteiger partial charge in [0.15, 0.2) is 14.3 Å². The Morgan fingerprint density at radius 3 is 2.20 bits per heavy atom. The zero-order chi connectivity index (χ0) is 12.3. The molecule has 0 spiro atoms. The summed E-state index contributed by atoms with van der Waals surface area (Å²) >= 11 is 0. The molecule has 0 aliphatic heterocycles. The van der Waals surface area contributed by atoms with Crippen LogP contribution in [-0.4, -0.2) is 39.4 Å². The van der Waals surface area contributed by atoms with Gasteiger partial charge in [0.1, 0.15) is 0 Å². The molecule has 15 heavy (non-hydrogen) atoms. The van der Waals surface area contributed by atoms with Gasteiger partial charge in [-0.05, 0) is 18.1 Å². The molecule has 0 aliphatic carbocycles. The number of guanidine groups is 1. The normalized spacial score (nSPS) is 12.7. The zero-order valence-corrected chi connectivity index (χ0v) is 11.8. The molecule has 0 bridgehead atoms. The second-order valence-electron chi connectivity index (χ2n) is 5.42. The van der Waals surface area contributed by atoms with Crippen LogP contribution in [0.3, 0.4) is 0 Å². The van der Waals surface area contributed by atoms with Crippen molar-refractivity contribution in [2.45, 2.75) is 38.9 Å². The fraction of sp³-hybridized carbons (Fsp3) is 0.900. The third-order valence-corrected chi connectivity index (χ3v) is 7.65. The molecule has 0 aliphatic rings. The van der Waals surface area contributed by atoms with E-state index in [9.17, 15) is 0 Å². The van der Waals surface area contributed by atoms with Crippen LogP contribution in [0.25, 0.3) is 0 Å². The van der Waals surface area contributed by atoms with Gasteiger partial charge < -0.3 is 15.1 Å². The molecule has 0 rings (SSSR count). The van der Waals surface area contributed by atoms with Crippen molar-refractivity contribution >= 4 is 14.3 Å². The number of likely N-dealkylation sites (N-methyl/N-ethyl adjacent to an activating group) is 1. The molecule has 4 nitrogen and oxygen atoms in total. The van der Waals surface area contributed by atoms with E-state index in [1.807, 2.05) is 0 Å². The predicted molar refractivity (Wildman–Crippen MR) is 67.7 cm³/mol. The van der Waals surface area contributed by atoms with Crippen LogP contribution in [0.5, 0.6) is 0 Å². The SMILES string of the molecule is CN(CCO[Si](C)(C)C(C)(C)C)C(=N)N. The standard InChI is InChI=1S/C10H25N3OSi/c1-10(2,3)15(5,6)14-8-7-13(4)9(11)12/h7-8H2,1-6H3,(H3,11,12). The van der Waals surface area contributed by atoms with Gasteiger partial charge in [-0.3, -0.25) is 5.41 Å². The fourth-order valence-corrected chi connectivity index (χ4v) is 1.81. The molecule has 0 amide bonds. The summed E-state index contributed by atoms with van der Waals surface area (Å²) in [6.07, 6.45) is 0. The number of nitrogens with one attached hydrogen (secondary N) is 1. The van der Waals surface area contributed by atoms with Crippen molar-refractivity contribution < 1.29 is 4.43 Å². The van der Waals surface area contributed by atoms with Crippen molar-refractivity contribution in [2.24, 2.45) is 5.73 Å². The zero-order valence-electron chi connectivity index (χ0n) is 10.8. The number of rotatable bonds is 4. The molecular formula is C10H25N3OSi. The van der Waals surface area contributed by atoms with Crippen LogP contribution in [-0.2, 0) is 4.43 Å². The van der Waals surface area contributed by atoms with Crippen molar-refractivity contribution in [1.82, 2.24) is 4.90 Å². The minimum Gasteiger partial charge on any atom is -0.415 e. The van der Waals surface area contributed by atoms with E-state index in [1.165, 1.54) is 0 Å². The monoisotopic (exact) mass is 231 g/mol. The van der Waals surface area contributed by atoms with Crippen molar-refractivity contribution in [3.8, 4) is 0 Å². The van der Waals surface area contributed by atoms with Gasteiger partial charge in [-0.1, -0.05) is 20.8 Å². The highest BCUT2D eigenvalue weighted by Gasteiger charge is 2.36. The van der Waals surface area contributed by atoms with Crippen LogP contribution in [0, 0.1) is 5.41 Å². The summed E-state index contributed by atoms with van der Waals surface area (Å²) < 4.78 is 5.96. The summed E-state index contributed by atoms with van der Waals surface area (Å²) in [5.41, 5.74) is 5.34. The highest BCUT2D eigenvalue weighted by molar-refractivity contribution is 6.74. The Hall–Kier alpha value is -0.553. The lowest BCUT2D eigenvalue weighted by atomic mass is 10.2. The molecule has 0 saturated carbocycles. The molecule has 0 fully saturated rings.